The van der Waals surface area contributed by atoms with Crippen LogP contribution in [-0.4, -0.2) is 52.7 Å². The summed E-state index contributed by atoms with van der Waals surface area (Å²) in [5.74, 6) is 4.87. The molecule has 1 saturated heterocycles. The molecule has 1 saturated carbocycles. The number of aliphatic imine (C=N–C) groups is 1. The average molecular weight is 342 g/mol. The number of hydrogen-bond donors (Lipinski definition) is 2. The minimum Gasteiger partial charge on any atom is -0.461 e. The fraction of sp³-hybridized carbons (Fsp3) is 0.611. The third-order valence-corrected chi connectivity index (χ3v) is 5.41. The van der Waals surface area contributed by atoms with Gasteiger partial charge in [-0.1, -0.05) is 12.8 Å². The lowest BCUT2D eigenvalue weighted by Crippen LogP contribution is -2.41. The number of aromatic amines is 1. The van der Waals surface area contributed by atoms with Crippen molar-refractivity contribution in [2.45, 2.75) is 32.1 Å². The molecule has 7 heteroatoms. The van der Waals surface area contributed by atoms with Crippen molar-refractivity contribution in [2.24, 2.45) is 16.8 Å². The van der Waals surface area contributed by atoms with Gasteiger partial charge in [-0.25, -0.2) is 4.98 Å². The van der Waals surface area contributed by atoms with Gasteiger partial charge in [0.1, 0.15) is 5.82 Å². The lowest BCUT2D eigenvalue weighted by Gasteiger charge is -2.22. The van der Waals surface area contributed by atoms with Gasteiger partial charge >= 0.3 is 0 Å². The monoisotopic (exact) mass is 342 g/mol. The van der Waals surface area contributed by atoms with E-state index >= 15 is 0 Å². The highest BCUT2D eigenvalue weighted by Gasteiger charge is 2.35. The van der Waals surface area contributed by atoms with E-state index in [1.165, 1.54) is 25.7 Å². The third-order valence-electron chi connectivity index (χ3n) is 5.41. The second-order valence-electron chi connectivity index (χ2n) is 7.02. The van der Waals surface area contributed by atoms with Crippen molar-refractivity contribution in [3.63, 3.8) is 0 Å². The van der Waals surface area contributed by atoms with Crippen LogP contribution in [0.3, 0.4) is 0 Å². The Bertz CT molecular complexity index is 693. The first kappa shape index (κ1) is 16.2. The molecule has 4 rings (SSSR count). The highest BCUT2D eigenvalue weighted by Crippen LogP contribution is 2.35. The van der Waals surface area contributed by atoms with Gasteiger partial charge in [-0.3, -0.25) is 10.1 Å². The third kappa shape index (κ3) is 3.55. The van der Waals surface area contributed by atoms with Crippen LogP contribution in [0.5, 0.6) is 0 Å². The summed E-state index contributed by atoms with van der Waals surface area (Å²) in [6.45, 7) is 3.08. The van der Waals surface area contributed by atoms with E-state index in [0.717, 1.165) is 49.7 Å². The van der Waals surface area contributed by atoms with Gasteiger partial charge in [0.05, 0.1) is 6.26 Å². The predicted octanol–water partition coefficient (Wildman–Crippen LogP) is 2.30. The maximum atomic E-state index is 5.32. The molecule has 0 amide bonds. The Morgan fingerprint density at radius 3 is 2.84 bits per heavy atom. The van der Waals surface area contributed by atoms with Gasteiger partial charge in [0, 0.05) is 33.1 Å². The Labute approximate surface area is 147 Å². The minimum atomic E-state index is 0.605. The molecule has 2 N–H and O–H groups in total. The van der Waals surface area contributed by atoms with Crippen LogP contribution in [0.2, 0.25) is 0 Å². The fourth-order valence-corrected chi connectivity index (χ4v) is 4.13. The van der Waals surface area contributed by atoms with E-state index in [4.69, 9.17) is 4.42 Å². The van der Waals surface area contributed by atoms with Crippen LogP contribution < -0.4 is 5.32 Å². The number of furan rings is 1. The van der Waals surface area contributed by atoms with Gasteiger partial charge in [-0.15, -0.1) is 0 Å². The molecule has 2 aromatic rings. The maximum absolute atomic E-state index is 5.32. The number of H-pyrrole nitrogens is 1. The first-order valence-electron chi connectivity index (χ1n) is 9.24. The largest absolute Gasteiger partial charge is 0.461 e. The normalized spacial score (nSPS) is 23.7. The predicted molar refractivity (Wildman–Crippen MR) is 96.2 cm³/mol. The topological polar surface area (TPSA) is 82.3 Å². The molecular formula is C18H26N6O. The van der Waals surface area contributed by atoms with Gasteiger partial charge in [-0.05, 0) is 36.8 Å². The number of fused-ring (bicyclic) bond motifs is 1. The van der Waals surface area contributed by atoms with Crippen LogP contribution in [0.25, 0.3) is 11.6 Å². The van der Waals surface area contributed by atoms with Crippen LogP contribution in [0.15, 0.2) is 27.8 Å². The van der Waals surface area contributed by atoms with Crippen molar-refractivity contribution < 1.29 is 4.42 Å². The molecule has 0 bridgehead atoms. The molecular weight excluding hydrogens is 316 g/mol. The molecule has 25 heavy (non-hydrogen) atoms. The van der Waals surface area contributed by atoms with Crippen molar-refractivity contribution in [3.8, 4) is 11.6 Å². The molecule has 1 aliphatic carbocycles. The molecule has 134 valence electrons. The van der Waals surface area contributed by atoms with E-state index in [9.17, 15) is 0 Å². The molecule has 2 atom stereocenters. The van der Waals surface area contributed by atoms with Crippen molar-refractivity contribution >= 4 is 5.96 Å². The number of likely N-dealkylation sites (tertiary alicyclic amines) is 1. The van der Waals surface area contributed by atoms with E-state index in [1.807, 2.05) is 19.2 Å². The molecule has 3 heterocycles. The van der Waals surface area contributed by atoms with Crippen LogP contribution in [0.1, 0.15) is 31.5 Å². The smallest absolute Gasteiger partial charge is 0.216 e. The van der Waals surface area contributed by atoms with Crippen molar-refractivity contribution in [3.05, 3.63) is 24.2 Å². The number of rotatable bonds is 4. The first-order chi connectivity index (χ1) is 12.3. The molecule has 2 fully saturated rings. The second kappa shape index (κ2) is 7.29. The number of aromatic nitrogens is 3. The van der Waals surface area contributed by atoms with Gasteiger partial charge < -0.3 is 14.6 Å². The molecule has 0 radical (unpaired) electrons. The summed E-state index contributed by atoms with van der Waals surface area (Å²) in [7, 11) is 1.87. The summed E-state index contributed by atoms with van der Waals surface area (Å²) in [6, 6.07) is 3.70. The van der Waals surface area contributed by atoms with Gasteiger partial charge in [-0.2, -0.15) is 5.10 Å². The van der Waals surface area contributed by atoms with Crippen molar-refractivity contribution in [1.29, 1.82) is 0 Å². The molecule has 7 nitrogen and oxygen atoms in total. The van der Waals surface area contributed by atoms with Crippen LogP contribution >= 0.6 is 0 Å². The zero-order valence-electron chi connectivity index (χ0n) is 14.7. The minimum absolute atomic E-state index is 0.605. The quantitative estimate of drug-likeness (QED) is 0.658. The summed E-state index contributed by atoms with van der Waals surface area (Å²) >= 11 is 0. The lowest BCUT2D eigenvalue weighted by molar-refractivity contribution is 0.299. The number of nitrogens with one attached hydrogen (secondary N) is 2. The second-order valence-corrected chi connectivity index (χ2v) is 7.02. The molecule has 1 aliphatic heterocycles. The summed E-state index contributed by atoms with van der Waals surface area (Å²) in [6.07, 6.45) is 7.95. The Hall–Kier alpha value is -2.31. The first-order valence-corrected chi connectivity index (χ1v) is 9.24. The van der Waals surface area contributed by atoms with Crippen molar-refractivity contribution in [2.75, 3.05) is 26.7 Å². The van der Waals surface area contributed by atoms with E-state index in [2.05, 4.69) is 30.4 Å². The van der Waals surface area contributed by atoms with E-state index in [-0.39, 0.29) is 0 Å². The Balaban J connectivity index is 1.29. The molecule has 0 spiro atoms. The highest BCUT2D eigenvalue weighted by molar-refractivity contribution is 5.80. The fourth-order valence-electron chi connectivity index (χ4n) is 4.13. The van der Waals surface area contributed by atoms with Crippen molar-refractivity contribution in [1.82, 2.24) is 25.4 Å². The molecule has 2 aromatic heterocycles. The summed E-state index contributed by atoms with van der Waals surface area (Å²) < 4.78 is 5.32. The van der Waals surface area contributed by atoms with Gasteiger partial charge in [0.25, 0.3) is 0 Å². The van der Waals surface area contributed by atoms with Gasteiger partial charge in [0.15, 0.2) is 11.7 Å². The van der Waals surface area contributed by atoms with Crippen LogP contribution in [0.4, 0.5) is 0 Å². The maximum Gasteiger partial charge on any atom is 0.216 e. The Kier molecular flexibility index (Phi) is 4.72. The zero-order valence-corrected chi connectivity index (χ0v) is 14.7. The lowest BCUT2D eigenvalue weighted by atomic mass is 9.82. The summed E-state index contributed by atoms with van der Waals surface area (Å²) in [4.78, 5) is 11.4. The van der Waals surface area contributed by atoms with Gasteiger partial charge in [0.2, 0.25) is 5.82 Å². The number of hydrogen-bond acceptors (Lipinski definition) is 4. The van der Waals surface area contributed by atoms with Crippen LogP contribution in [0, 0.1) is 11.8 Å². The van der Waals surface area contributed by atoms with E-state index < -0.39 is 0 Å². The Morgan fingerprint density at radius 1 is 1.36 bits per heavy atom. The zero-order chi connectivity index (χ0) is 17.1. The number of nitrogens with zero attached hydrogens (tertiary/aromatic N) is 4. The average Bonchev–Trinajstić information content (AvgIpc) is 3.38. The molecule has 2 unspecified atom stereocenters. The SMILES string of the molecule is CN=C(NCCc1nc(-c2ccco2)n[nH]1)N1CC2CCCCC2C1. The summed E-state index contributed by atoms with van der Waals surface area (Å²) in [5.41, 5.74) is 0. The van der Waals surface area contributed by atoms with Crippen LogP contribution in [-0.2, 0) is 6.42 Å². The Morgan fingerprint density at radius 2 is 2.16 bits per heavy atom. The molecule has 2 aliphatic rings. The highest BCUT2D eigenvalue weighted by atomic mass is 16.3. The number of guanidine groups is 1. The molecule has 0 aromatic carbocycles. The van der Waals surface area contributed by atoms with E-state index in [1.54, 1.807) is 6.26 Å². The summed E-state index contributed by atoms with van der Waals surface area (Å²) in [5, 5.41) is 10.7. The van der Waals surface area contributed by atoms with E-state index in [0.29, 0.717) is 11.6 Å². The standard InChI is InChI=1S/C18H26N6O/c1-19-18(24-11-13-5-2-3-6-14(13)12-24)20-9-8-16-21-17(23-22-16)15-7-4-10-25-15/h4,7,10,13-14H,2-3,5-6,8-9,11-12H2,1H3,(H,19,20)(H,21,22,23).